The van der Waals surface area contributed by atoms with Gasteiger partial charge in [-0.1, -0.05) is 32.0 Å². The van der Waals surface area contributed by atoms with Crippen LogP contribution in [-0.4, -0.2) is 19.8 Å². The predicted molar refractivity (Wildman–Crippen MR) is 73.7 cm³/mol. The summed E-state index contributed by atoms with van der Waals surface area (Å²) in [4.78, 5) is 0. The van der Waals surface area contributed by atoms with E-state index in [1.807, 2.05) is 39.0 Å². The van der Waals surface area contributed by atoms with Gasteiger partial charge in [0.25, 0.3) is 0 Å². The SMILES string of the molecule is CC.CCOCCCCOc1ccccc1C. The minimum Gasteiger partial charge on any atom is -0.493 e. The lowest BCUT2D eigenvalue weighted by molar-refractivity contribution is 0.138. The Morgan fingerprint density at radius 2 is 1.65 bits per heavy atom. The lowest BCUT2D eigenvalue weighted by Gasteiger charge is -2.08. The van der Waals surface area contributed by atoms with Gasteiger partial charge in [-0.3, -0.25) is 0 Å². The zero-order chi connectivity index (χ0) is 12.9. The van der Waals surface area contributed by atoms with E-state index in [-0.39, 0.29) is 0 Å². The average molecular weight is 238 g/mol. The third-order valence-corrected chi connectivity index (χ3v) is 2.24. The Kier molecular flexibility index (Phi) is 10.8. The van der Waals surface area contributed by atoms with Crippen LogP contribution < -0.4 is 4.74 Å². The standard InChI is InChI=1S/C13H20O2.C2H6/c1-3-14-10-6-7-11-15-13-9-5-4-8-12(13)2;1-2/h4-5,8-9H,3,6-7,10-11H2,1-2H3;1-2H3. The Labute approximate surface area is 106 Å². The molecule has 0 saturated carbocycles. The third kappa shape index (κ3) is 7.81. The van der Waals surface area contributed by atoms with E-state index in [0.29, 0.717) is 0 Å². The maximum atomic E-state index is 5.66. The molecule has 2 heteroatoms. The molecule has 1 aromatic rings. The summed E-state index contributed by atoms with van der Waals surface area (Å²) in [7, 11) is 0. The fourth-order valence-corrected chi connectivity index (χ4v) is 1.35. The van der Waals surface area contributed by atoms with Crippen LogP contribution in [0.25, 0.3) is 0 Å². The van der Waals surface area contributed by atoms with Crippen LogP contribution in [0.15, 0.2) is 24.3 Å². The van der Waals surface area contributed by atoms with Crippen molar-refractivity contribution >= 4 is 0 Å². The van der Waals surface area contributed by atoms with Gasteiger partial charge in [-0.25, -0.2) is 0 Å². The third-order valence-electron chi connectivity index (χ3n) is 2.24. The van der Waals surface area contributed by atoms with Gasteiger partial charge in [0.15, 0.2) is 0 Å². The van der Waals surface area contributed by atoms with Crippen molar-refractivity contribution in [3.63, 3.8) is 0 Å². The highest BCUT2D eigenvalue weighted by atomic mass is 16.5. The molecule has 1 rings (SSSR count). The quantitative estimate of drug-likeness (QED) is 0.662. The number of hydrogen-bond donors (Lipinski definition) is 0. The summed E-state index contributed by atoms with van der Waals surface area (Å²) in [5.41, 5.74) is 1.20. The van der Waals surface area contributed by atoms with Crippen molar-refractivity contribution in [3.8, 4) is 5.75 Å². The maximum absolute atomic E-state index is 5.66. The minimum absolute atomic E-state index is 0.776. The number of ether oxygens (including phenoxy) is 2. The largest absolute Gasteiger partial charge is 0.493 e. The average Bonchev–Trinajstić information content (AvgIpc) is 2.38. The molecule has 0 aliphatic carbocycles. The molecule has 2 nitrogen and oxygen atoms in total. The first kappa shape index (κ1) is 16.0. The first-order valence-electron chi connectivity index (χ1n) is 6.60. The number of aryl methyl sites for hydroxylation is 1. The molecule has 0 amide bonds. The van der Waals surface area contributed by atoms with Gasteiger partial charge in [0.05, 0.1) is 6.61 Å². The molecule has 0 N–H and O–H groups in total. The number of para-hydroxylation sites is 1. The second-order valence-electron chi connectivity index (χ2n) is 3.52. The van der Waals surface area contributed by atoms with Gasteiger partial charge in [-0.05, 0) is 38.3 Å². The van der Waals surface area contributed by atoms with Gasteiger partial charge < -0.3 is 9.47 Å². The summed E-state index contributed by atoms with van der Waals surface area (Å²) >= 11 is 0. The van der Waals surface area contributed by atoms with E-state index < -0.39 is 0 Å². The molecule has 0 spiro atoms. The second kappa shape index (κ2) is 11.5. The number of unbranched alkanes of at least 4 members (excludes halogenated alkanes) is 1. The van der Waals surface area contributed by atoms with E-state index >= 15 is 0 Å². The van der Waals surface area contributed by atoms with E-state index in [4.69, 9.17) is 9.47 Å². The van der Waals surface area contributed by atoms with E-state index in [2.05, 4.69) is 13.0 Å². The lowest BCUT2D eigenvalue weighted by atomic mass is 10.2. The molecule has 0 fully saturated rings. The Hall–Kier alpha value is -1.02. The van der Waals surface area contributed by atoms with Crippen LogP contribution in [0.5, 0.6) is 5.75 Å². The lowest BCUT2D eigenvalue weighted by Crippen LogP contribution is -2.01. The van der Waals surface area contributed by atoms with Crippen molar-refractivity contribution in [2.24, 2.45) is 0 Å². The van der Waals surface area contributed by atoms with E-state index in [0.717, 1.165) is 38.4 Å². The van der Waals surface area contributed by atoms with Crippen LogP contribution in [0, 0.1) is 6.92 Å². The summed E-state index contributed by atoms with van der Waals surface area (Å²) in [6, 6.07) is 8.10. The molecular weight excluding hydrogens is 212 g/mol. The highest BCUT2D eigenvalue weighted by Crippen LogP contribution is 2.16. The number of benzene rings is 1. The predicted octanol–water partition coefficient (Wildman–Crippen LogP) is 4.22. The van der Waals surface area contributed by atoms with Crippen molar-refractivity contribution in [1.29, 1.82) is 0 Å². The normalized spacial score (nSPS) is 9.41. The van der Waals surface area contributed by atoms with Crippen molar-refractivity contribution in [2.45, 2.75) is 40.5 Å². The topological polar surface area (TPSA) is 18.5 Å². The van der Waals surface area contributed by atoms with Gasteiger partial charge in [-0.15, -0.1) is 0 Å². The zero-order valence-corrected chi connectivity index (χ0v) is 11.7. The van der Waals surface area contributed by atoms with Crippen molar-refractivity contribution in [1.82, 2.24) is 0 Å². The van der Waals surface area contributed by atoms with Crippen LogP contribution in [0.3, 0.4) is 0 Å². The van der Waals surface area contributed by atoms with E-state index in [1.54, 1.807) is 0 Å². The van der Waals surface area contributed by atoms with E-state index in [9.17, 15) is 0 Å². The monoisotopic (exact) mass is 238 g/mol. The van der Waals surface area contributed by atoms with Crippen molar-refractivity contribution in [2.75, 3.05) is 19.8 Å². The summed E-state index contributed by atoms with van der Waals surface area (Å²) in [6.07, 6.45) is 2.12. The summed E-state index contributed by atoms with van der Waals surface area (Å²) < 4.78 is 10.9. The summed E-state index contributed by atoms with van der Waals surface area (Å²) in [5, 5.41) is 0. The molecule has 0 aromatic heterocycles. The first-order chi connectivity index (χ1) is 8.34. The Morgan fingerprint density at radius 3 is 2.29 bits per heavy atom. The van der Waals surface area contributed by atoms with Crippen molar-refractivity contribution < 1.29 is 9.47 Å². The molecule has 17 heavy (non-hydrogen) atoms. The number of rotatable bonds is 7. The molecular formula is C15H26O2. The Balaban J connectivity index is 0.00000121. The first-order valence-corrected chi connectivity index (χ1v) is 6.60. The molecule has 0 radical (unpaired) electrons. The van der Waals surface area contributed by atoms with Crippen LogP contribution in [0.2, 0.25) is 0 Å². The highest BCUT2D eigenvalue weighted by molar-refractivity contribution is 5.31. The van der Waals surface area contributed by atoms with Gasteiger partial charge in [-0.2, -0.15) is 0 Å². The maximum Gasteiger partial charge on any atom is 0.122 e. The summed E-state index contributed by atoms with van der Waals surface area (Å²) in [6.45, 7) is 10.5. The highest BCUT2D eigenvalue weighted by Gasteiger charge is 1.96. The van der Waals surface area contributed by atoms with Crippen LogP contribution in [0.4, 0.5) is 0 Å². The fourth-order valence-electron chi connectivity index (χ4n) is 1.35. The van der Waals surface area contributed by atoms with Gasteiger partial charge in [0.1, 0.15) is 5.75 Å². The zero-order valence-electron chi connectivity index (χ0n) is 11.7. The smallest absolute Gasteiger partial charge is 0.122 e. The van der Waals surface area contributed by atoms with Crippen LogP contribution >= 0.6 is 0 Å². The molecule has 0 aliphatic rings. The molecule has 98 valence electrons. The second-order valence-corrected chi connectivity index (χ2v) is 3.52. The molecule has 0 unspecified atom stereocenters. The molecule has 0 bridgehead atoms. The molecule has 0 atom stereocenters. The van der Waals surface area contributed by atoms with Crippen LogP contribution in [-0.2, 0) is 4.74 Å². The summed E-state index contributed by atoms with van der Waals surface area (Å²) in [5.74, 6) is 0.994. The molecule has 0 aliphatic heterocycles. The fraction of sp³-hybridized carbons (Fsp3) is 0.600. The number of hydrogen-bond acceptors (Lipinski definition) is 2. The van der Waals surface area contributed by atoms with E-state index in [1.165, 1.54) is 5.56 Å². The molecule has 0 heterocycles. The molecule has 1 aromatic carbocycles. The molecule has 0 saturated heterocycles. The van der Waals surface area contributed by atoms with Crippen molar-refractivity contribution in [3.05, 3.63) is 29.8 Å². The van der Waals surface area contributed by atoms with Gasteiger partial charge in [0.2, 0.25) is 0 Å². The van der Waals surface area contributed by atoms with Gasteiger partial charge in [0, 0.05) is 13.2 Å². The Bertz CT molecular complexity index is 271. The minimum atomic E-state index is 0.776. The Morgan fingerprint density at radius 1 is 1.00 bits per heavy atom. The van der Waals surface area contributed by atoms with Crippen LogP contribution in [0.1, 0.15) is 39.2 Å². The van der Waals surface area contributed by atoms with Gasteiger partial charge >= 0.3 is 0 Å².